The van der Waals surface area contributed by atoms with Crippen LogP contribution in [0.5, 0.6) is 5.75 Å². The highest BCUT2D eigenvalue weighted by Crippen LogP contribution is 2.32. The minimum absolute atomic E-state index is 0.129. The van der Waals surface area contributed by atoms with Crippen LogP contribution in [0.25, 0.3) is 0 Å². The Hall–Kier alpha value is -2.58. The molecule has 0 amide bonds. The van der Waals surface area contributed by atoms with E-state index in [2.05, 4.69) is 89.8 Å². The van der Waals surface area contributed by atoms with Crippen molar-refractivity contribution in [3.63, 3.8) is 0 Å². The Labute approximate surface area is 162 Å². The van der Waals surface area contributed by atoms with E-state index < -0.39 is 0 Å². The molecule has 3 aromatic rings. The van der Waals surface area contributed by atoms with Crippen molar-refractivity contribution in [1.82, 2.24) is 4.90 Å². The van der Waals surface area contributed by atoms with Gasteiger partial charge in [-0.3, -0.25) is 4.90 Å². The van der Waals surface area contributed by atoms with Crippen molar-refractivity contribution in [3.8, 4) is 5.75 Å². The van der Waals surface area contributed by atoms with Crippen LogP contribution in [0.1, 0.15) is 24.0 Å². The van der Waals surface area contributed by atoms with Crippen molar-refractivity contribution in [2.75, 3.05) is 13.1 Å². The predicted octanol–water partition coefficient (Wildman–Crippen LogP) is 5.34. The van der Waals surface area contributed by atoms with Crippen LogP contribution in [0.3, 0.4) is 0 Å². The highest BCUT2D eigenvalue weighted by molar-refractivity contribution is 5.24. The Morgan fingerprint density at radius 3 is 1.78 bits per heavy atom. The lowest BCUT2D eigenvalue weighted by Crippen LogP contribution is -2.49. The molecule has 1 saturated heterocycles. The van der Waals surface area contributed by atoms with Gasteiger partial charge in [0.1, 0.15) is 11.4 Å². The molecular formula is C25H27NO. The fraction of sp³-hybridized carbons (Fsp3) is 0.280. The largest absolute Gasteiger partial charge is 0.487 e. The molecule has 0 aliphatic carbocycles. The summed E-state index contributed by atoms with van der Waals surface area (Å²) >= 11 is 0. The lowest BCUT2D eigenvalue weighted by Gasteiger charge is -2.42. The van der Waals surface area contributed by atoms with Crippen LogP contribution in [0.15, 0.2) is 91.0 Å². The number of ether oxygens (including phenoxy) is 1. The van der Waals surface area contributed by atoms with E-state index in [0.717, 1.165) is 44.6 Å². The number of benzene rings is 3. The van der Waals surface area contributed by atoms with E-state index in [0.29, 0.717) is 0 Å². The second kappa shape index (κ2) is 8.41. The first-order valence-corrected chi connectivity index (χ1v) is 9.86. The van der Waals surface area contributed by atoms with Gasteiger partial charge >= 0.3 is 0 Å². The molecule has 1 fully saturated rings. The summed E-state index contributed by atoms with van der Waals surface area (Å²) in [6.45, 7) is 3.15. The van der Waals surface area contributed by atoms with Crippen molar-refractivity contribution in [2.24, 2.45) is 0 Å². The van der Waals surface area contributed by atoms with Gasteiger partial charge in [0.05, 0.1) is 0 Å². The van der Waals surface area contributed by atoms with E-state index in [9.17, 15) is 0 Å². The number of para-hydroxylation sites is 1. The molecule has 0 spiro atoms. The van der Waals surface area contributed by atoms with Gasteiger partial charge in [-0.15, -0.1) is 0 Å². The normalized spacial score (nSPS) is 16.7. The third kappa shape index (κ3) is 4.78. The maximum absolute atomic E-state index is 6.62. The van der Waals surface area contributed by atoms with Crippen LogP contribution < -0.4 is 4.74 Å². The molecule has 3 aromatic carbocycles. The first kappa shape index (κ1) is 17.8. The standard InChI is InChI=1S/C25H27NO/c1-4-10-22(11-5-1)20-25(27-24-14-8-3-9-15-24)16-18-26(19-17-25)21-23-12-6-2-7-13-23/h1-15H,16-21H2. The fourth-order valence-corrected chi connectivity index (χ4v) is 3.98. The molecule has 0 unspecified atom stereocenters. The van der Waals surface area contributed by atoms with Gasteiger partial charge in [0.2, 0.25) is 0 Å². The topological polar surface area (TPSA) is 12.5 Å². The molecule has 2 nitrogen and oxygen atoms in total. The number of hydrogen-bond acceptors (Lipinski definition) is 2. The summed E-state index contributed by atoms with van der Waals surface area (Å²) in [7, 11) is 0. The van der Waals surface area contributed by atoms with Gasteiger partial charge in [-0.05, 0) is 23.3 Å². The zero-order valence-corrected chi connectivity index (χ0v) is 15.8. The molecule has 4 rings (SSSR count). The summed E-state index contributed by atoms with van der Waals surface area (Å²) in [4.78, 5) is 2.55. The summed E-state index contributed by atoms with van der Waals surface area (Å²) in [5.74, 6) is 0.977. The van der Waals surface area contributed by atoms with Crippen molar-refractivity contribution in [2.45, 2.75) is 31.4 Å². The van der Waals surface area contributed by atoms with Crippen molar-refractivity contribution >= 4 is 0 Å². The fourth-order valence-electron chi connectivity index (χ4n) is 3.98. The van der Waals surface area contributed by atoms with Gasteiger partial charge in [-0.25, -0.2) is 0 Å². The Kier molecular flexibility index (Phi) is 5.55. The molecule has 27 heavy (non-hydrogen) atoms. The first-order valence-electron chi connectivity index (χ1n) is 9.86. The highest BCUT2D eigenvalue weighted by atomic mass is 16.5. The van der Waals surface area contributed by atoms with Crippen molar-refractivity contribution in [1.29, 1.82) is 0 Å². The third-order valence-electron chi connectivity index (χ3n) is 5.46. The van der Waals surface area contributed by atoms with Crippen LogP contribution in [0.4, 0.5) is 0 Å². The number of rotatable bonds is 6. The number of nitrogens with zero attached hydrogens (tertiary/aromatic N) is 1. The first-order chi connectivity index (χ1) is 13.3. The molecule has 138 valence electrons. The molecule has 0 radical (unpaired) electrons. The average Bonchev–Trinajstić information content (AvgIpc) is 2.72. The Morgan fingerprint density at radius 1 is 0.667 bits per heavy atom. The Morgan fingerprint density at radius 2 is 1.19 bits per heavy atom. The van der Waals surface area contributed by atoms with E-state index in [4.69, 9.17) is 4.74 Å². The molecule has 1 heterocycles. The quantitative estimate of drug-likeness (QED) is 0.590. The molecule has 0 N–H and O–H groups in total. The van der Waals surface area contributed by atoms with Gasteiger partial charge < -0.3 is 4.74 Å². The second-order valence-corrected chi connectivity index (χ2v) is 7.52. The maximum atomic E-state index is 6.62. The van der Waals surface area contributed by atoms with Crippen LogP contribution in [0, 0.1) is 0 Å². The lowest BCUT2D eigenvalue weighted by atomic mass is 9.84. The van der Waals surface area contributed by atoms with Gasteiger partial charge in [0.15, 0.2) is 0 Å². The van der Waals surface area contributed by atoms with Crippen LogP contribution >= 0.6 is 0 Å². The summed E-state index contributed by atoms with van der Waals surface area (Å²) in [6.07, 6.45) is 3.05. The molecule has 1 aliphatic rings. The second-order valence-electron chi connectivity index (χ2n) is 7.52. The number of likely N-dealkylation sites (tertiary alicyclic amines) is 1. The molecule has 0 bridgehead atoms. The molecule has 0 atom stereocenters. The minimum atomic E-state index is -0.129. The number of piperidine rings is 1. The van der Waals surface area contributed by atoms with Gasteiger partial charge in [-0.2, -0.15) is 0 Å². The van der Waals surface area contributed by atoms with E-state index in [-0.39, 0.29) is 5.60 Å². The van der Waals surface area contributed by atoms with Crippen LogP contribution in [-0.2, 0) is 13.0 Å². The van der Waals surface area contributed by atoms with Crippen molar-refractivity contribution in [3.05, 3.63) is 102 Å². The maximum Gasteiger partial charge on any atom is 0.120 e. The minimum Gasteiger partial charge on any atom is -0.487 e. The van der Waals surface area contributed by atoms with E-state index in [1.807, 2.05) is 6.07 Å². The van der Waals surface area contributed by atoms with Gasteiger partial charge in [-0.1, -0.05) is 78.9 Å². The van der Waals surface area contributed by atoms with Gasteiger partial charge in [0, 0.05) is 38.9 Å². The van der Waals surface area contributed by atoms with E-state index in [1.165, 1.54) is 11.1 Å². The summed E-state index contributed by atoms with van der Waals surface area (Å²) in [5, 5.41) is 0. The summed E-state index contributed by atoms with van der Waals surface area (Å²) in [5.41, 5.74) is 2.61. The predicted molar refractivity (Wildman–Crippen MR) is 111 cm³/mol. The zero-order chi connectivity index (χ0) is 18.4. The summed E-state index contributed by atoms with van der Waals surface area (Å²) < 4.78 is 6.62. The van der Waals surface area contributed by atoms with Crippen LogP contribution in [0.2, 0.25) is 0 Å². The zero-order valence-electron chi connectivity index (χ0n) is 15.8. The van der Waals surface area contributed by atoms with Gasteiger partial charge in [0.25, 0.3) is 0 Å². The molecule has 1 aliphatic heterocycles. The Balaban J connectivity index is 1.48. The SMILES string of the molecule is c1ccc(CN2CCC(Cc3ccccc3)(Oc3ccccc3)CC2)cc1. The molecular weight excluding hydrogens is 330 g/mol. The smallest absolute Gasteiger partial charge is 0.120 e. The third-order valence-corrected chi connectivity index (χ3v) is 5.46. The highest BCUT2D eigenvalue weighted by Gasteiger charge is 2.37. The van der Waals surface area contributed by atoms with Crippen molar-refractivity contribution < 1.29 is 4.74 Å². The molecule has 0 aromatic heterocycles. The lowest BCUT2D eigenvalue weighted by molar-refractivity contribution is -0.000524. The average molecular weight is 357 g/mol. The monoisotopic (exact) mass is 357 g/mol. The molecule has 0 saturated carbocycles. The Bertz CT molecular complexity index is 765. The number of hydrogen-bond donors (Lipinski definition) is 0. The van der Waals surface area contributed by atoms with E-state index >= 15 is 0 Å². The van der Waals surface area contributed by atoms with Crippen LogP contribution in [-0.4, -0.2) is 23.6 Å². The summed E-state index contributed by atoms with van der Waals surface area (Å²) in [6, 6.07) is 31.8. The molecule has 2 heteroatoms. The van der Waals surface area contributed by atoms with E-state index in [1.54, 1.807) is 0 Å².